The Bertz CT molecular complexity index is 89.1. The van der Waals surface area contributed by atoms with E-state index in [4.69, 9.17) is 4.74 Å². The molecule has 51 valence electrons. The summed E-state index contributed by atoms with van der Waals surface area (Å²) in [6, 6.07) is 0. The van der Waals surface area contributed by atoms with Crippen LogP contribution >= 0.6 is 0 Å². The van der Waals surface area contributed by atoms with Crippen LogP contribution in [0.1, 0.15) is 19.3 Å². The molecule has 0 aromatic heterocycles. The van der Waals surface area contributed by atoms with Gasteiger partial charge in [-0.05, 0) is 19.3 Å². The molecule has 0 saturated carbocycles. The summed E-state index contributed by atoms with van der Waals surface area (Å²) in [5.41, 5.74) is 0. The Morgan fingerprint density at radius 1 is 1.56 bits per heavy atom. The van der Waals surface area contributed by atoms with Gasteiger partial charge in [-0.3, -0.25) is 4.79 Å². The fourth-order valence-electron chi connectivity index (χ4n) is 0.920. The third-order valence-electron chi connectivity index (χ3n) is 1.40. The maximum atomic E-state index is 9.76. The van der Waals surface area contributed by atoms with Gasteiger partial charge in [-0.1, -0.05) is 0 Å². The molecule has 1 N–H and O–H groups in total. The van der Waals surface area contributed by atoms with Crippen molar-refractivity contribution in [3.63, 3.8) is 0 Å². The van der Waals surface area contributed by atoms with E-state index in [1.165, 1.54) is 0 Å². The Kier molecular flexibility index (Phi) is 2.51. The molecule has 1 amide bonds. The summed E-state index contributed by atoms with van der Waals surface area (Å²) in [4.78, 5) is 9.76. The molecular weight excluding hydrogens is 118 g/mol. The molecule has 1 unspecified atom stereocenters. The third-order valence-corrected chi connectivity index (χ3v) is 1.40. The van der Waals surface area contributed by atoms with E-state index in [0.29, 0.717) is 0 Å². The fourth-order valence-corrected chi connectivity index (χ4v) is 0.920. The minimum Gasteiger partial charge on any atom is -0.359 e. The summed E-state index contributed by atoms with van der Waals surface area (Å²) in [5.74, 6) is 0. The Balaban J connectivity index is 2.15. The van der Waals surface area contributed by atoms with E-state index in [0.717, 1.165) is 25.9 Å². The van der Waals surface area contributed by atoms with Gasteiger partial charge in [0.1, 0.15) is 6.23 Å². The van der Waals surface area contributed by atoms with E-state index in [1.807, 2.05) is 0 Å². The van der Waals surface area contributed by atoms with E-state index in [1.54, 1.807) is 6.41 Å². The zero-order chi connectivity index (χ0) is 6.53. The fraction of sp³-hybridized carbons (Fsp3) is 0.833. The van der Waals surface area contributed by atoms with Crippen molar-refractivity contribution in [3.8, 4) is 0 Å². The average molecular weight is 128 g/mol. The highest BCUT2D eigenvalue weighted by Crippen LogP contribution is 2.08. The maximum Gasteiger partial charge on any atom is 0.311 e. The van der Waals surface area contributed by atoms with Crippen LogP contribution in [-0.2, 0) is 9.53 Å². The molecule has 3 heteroatoms. The van der Waals surface area contributed by atoms with Crippen LogP contribution in [0.25, 0.3) is 0 Å². The summed E-state index contributed by atoms with van der Waals surface area (Å²) in [7, 11) is 0. The predicted octanol–water partition coefficient (Wildman–Crippen LogP) is 0.170. The van der Waals surface area contributed by atoms with Gasteiger partial charge >= 0.3 is 6.41 Å². The first kappa shape index (κ1) is 6.55. The average Bonchev–Trinajstić information content (AvgIpc) is 1.91. The van der Waals surface area contributed by atoms with E-state index in [-0.39, 0.29) is 6.23 Å². The van der Waals surface area contributed by atoms with E-state index < -0.39 is 0 Å². The number of carbonyl (C=O) groups excluding carboxylic acids is 1. The van der Waals surface area contributed by atoms with Crippen LogP contribution < -0.4 is 5.32 Å². The first-order valence-electron chi connectivity index (χ1n) is 3.18. The van der Waals surface area contributed by atoms with Crippen LogP contribution in [0.5, 0.6) is 0 Å². The van der Waals surface area contributed by atoms with Gasteiger partial charge in [0.15, 0.2) is 0 Å². The highest BCUT2D eigenvalue weighted by atomic mass is 16.5. The second kappa shape index (κ2) is 3.45. The van der Waals surface area contributed by atoms with E-state index in [2.05, 4.69) is 5.32 Å². The second-order valence-electron chi connectivity index (χ2n) is 2.10. The number of ether oxygens (including phenoxy) is 1. The van der Waals surface area contributed by atoms with Crippen LogP contribution in [0, 0.1) is 0 Å². The number of amides is 1. The lowest BCUT2D eigenvalue weighted by Crippen LogP contribution is -2.33. The monoisotopic (exact) mass is 128 g/mol. The van der Waals surface area contributed by atoms with Gasteiger partial charge in [0.2, 0.25) is 0 Å². The van der Waals surface area contributed by atoms with Crippen molar-refractivity contribution < 1.29 is 9.53 Å². The first-order chi connectivity index (χ1) is 4.43. The van der Waals surface area contributed by atoms with Crippen LogP contribution in [0.15, 0.2) is 0 Å². The van der Waals surface area contributed by atoms with Crippen molar-refractivity contribution in [2.75, 3.05) is 6.61 Å². The molecule has 0 aliphatic carbocycles. The first-order valence-corrected chi connectivity index (χ1v) is 3.18. The summed E-state index contributed by atoms with van der Waals surface area (Å²) in [5, 5.41) is 2.46. The van der Waals surface area contributed by atoms with Crippen LogP contribution in [0.2, 0.25) is 0 Å². The van der Waals surface area contributed by atoms with Crippen LogP contribution in [0.4, 0.5) is 0 Å². The molecule has 0 spiro atoms. The molecule has 1 heterocycles. The van der Waals surface area contributed by atoms with E-state index >= 15 is 0 Å². The van der Waals surface area contributed by atoms with Gasteiger partial charge in [-0.2, -0.15) is 0 Å². The van der Waals surface area contributed by atoms with Gasteiger partial charge < -0.3 is 10.1 Å². The smallest absolute Gasteiger partial charge is 0.311 e. The van der Waals surface area contributed by atoms with Gasteiger partial charge in [0.05, 0.1) is 0 Å². The van der Waals surface area contributed by atoms with E-state index in [9.17, 15) is 4.79 Å². The zero-order valence-corrected chi connectivity index (χ0v) is 5.22. The molecule has 1 fully saturated rings. The van der Waals surface area contributed by atoms with Gasteiger partial charge in [-0.25, -0.2) is 0 Å². The quantitative estimate of drug-likeness (QED) is 0.538. The lowest BCUT2D eigenvalue weighted by Gasteiger charge is -2.20. The molecule has 1 aliphatic rings. The van der Waals surface area contributed by atoms with Gasteiger partial charge in [0.25, 0.3) is 0 Å². The number of hydrogen-bond acceptors (Lipinski definition) is 2. The minimum absolute atomic E-state index is 0.0729. The molecule has 3 nitrogen and oxygen atoms in total. The van der Waals surface area contributed by atoms with Crippen molar-refractivity contribution in [3.05, 3.63) is 0 Å². The Morgan fingerprint density at radius 3 is 3.00 bits per heavy atom. The Labute approximate surface area is 54.4 Å². The Hall–Kier alpha value is -0.570. The number of rotatable bonds is 2. The number of nitrogens with one attached hydrogen (secondary N) is 1. The molecule has 0 bridgehead atoms. The van der Waals surface area contributed by atoms with Crippen molar-refractivity contribution in [1.29, 1.82) is 0 Å². The third kappa shape index (κ3) is 2.01. The lowest BCUT2D eigenvalue weighted by atomic mass is 10.2. The molecule has 1 radical (unpaired) electrons. The highest BCUT2D eigenvalue weighted by Gasteiger charge is 2.11. The normalized spacial score (nSPS) is 27.3. The van der Waals surface area contributed by atoms with Crippen LogP contribution in [-0.4, -0.2) is 19.2 Å². The maximum absolute atomic E-state index is 9.76. The van der Waals surface area contributed by atoms with Crippen molar-refractivity contribution in [2.45, 2.75) is 25.5 Å². The van der Waals surface area contributed by atoms with Gasteiger partial charge in [0, 0.05) is 6.61 Å². The largest absolute Gasteiger partial charge is 0.359 e. The summed E-state index contributed by atoms with van der Waals surface area (Å²) < 4.78 is 5.14. The SMILES string of the molecule is O=[C]NC1CCCCO1. The zero-order valence-electron chi connectivity index (χ0n) is 5.22. The molecule has 9 heavy (non-hydrogen) atoms. The molecule has 1 rings (SSSR count). The topological polar surface area (TPSA) is 38.3 Å². The molecular formula is C6H10NO2. The molecule has 1 atom stereocenters. The Morgan fingerprint density at radius 2 is 2.44 bits per heavy atom. The molecule has 1 aliphatic heterocycles. The lowest BCUT2D eigenvalue weighted by molar-refractivity contribution is 0.00676. The molecule has 0 aromatic carbocycles. The molecule has 0 aromatic rings. The molecule has 1 saturated heterocycles. The summed E-state index contributed by atoms with van der Waals surface area (Å²) in [6.07, 6.45) is 4.71. The summed E-state index contributed by atoms with van der Waals surface area (Å²) in [6.45, 7) is 0.763. The summed E-state index contributed by atoms with van der Waals surface area (Å²) >= 11 is 0. The van der Waals surface area contributed by atoms with Crippen LogP contribution in [0.3, 0.4) is 0 Å². The standard InChI is InChI=1S/C6H10NO2/c8-5-7-6-3-1-2-4-9-6/h6H,1-4H2,(H,7,8). The second-order valence-corrected chi connectivity index (χ2v) is 2.10. The van der Waals surface area contributed by atoms with Crippen molar-refractivity contribution in [2.24, 2.45) is 0 Å². The van der Waals surface area contributed by atoms with Crippen molar-refractivity contribution >= 4 is 6.41 Å². The highest BCUT2D eigenvalue weighted by molar-refractivity contribution is 5.47. The predicted molar refractivity (Wildman–Crippen MR) is 32.4 cm³/mol. The minimum atomic E-state index is -0.0729. The van der Waals surface area contributed by atoms with Crippen molar-refractivity contribution in [1.82, 2.24) is 5.32 Å². The number of hydrogen-bond donors (Lipinski definition) is 1. The van der Waals surface area contributed by atoms with Gasteiger partial charge in [-0.15, -0.1) is 0 Å².